The van der Waals surface area contributed by atoms with Gasteiger partial charge in [0.15, 0.2) is 0 Å². The largest absolute Gasteiger partial charge is 0.455 e. The molecule has 0 spiro atoms. The maximum atomic E-state index is 12.2. The summed E-state index contributed by atoms with van der Waals surface area (Å²) in [6.45, 7) is 6.33. The van der Waals surface area contributed by atoms with Crippen molar-refractivity contribution in [1.82, 2.24) is 5.43 Å². The van der Waals surface area contributed by atoms with E-state index in [0.717, 1.165) is 5.56 Å². The first kappa shape index (κ1) is 20.0. The molecule has 1 N–H and O–H groups in total. The smallest absolute Gasteiger partial charge is 0.271 e. The molecule has 0 saturated heterocycles. The van der Waals surface area contributed by atoms with E-state index in [2.05, 4.69) is 31.3 Å². The molecule has 1 heterocycles. The van der Waals surface area contributed by atoms with Crippen LogP contribution in [0, 0.1) is 10.1 Å². The van der Waals surface area contributed by atoms with Crippen molar-refractivity contribution in [3.05, 3.63) is 87.7 Å². The Bertz CT molecular complexity index is 1060. The molecule has 0 unspecified atom stereocenters. The molecular formula is C22H21N3O4. The van der Waals surface area contributed by atoms with Gasteiger partial charge in [-0.15, -0.1) is 0 Å². The number of nitro benzene ring substituents is 1. The minimum Gasteiger partial charge on any atom is -0.455 e. The first-order valence-corrected chi connectivity index (χ1v) is 9.03. The highest BCUT2D eigenvalue weighted by molar-refractivity contribution is 5.94. The van der Waals surface area contributed by atoms with Gasteiger partial charge in [-0.1, -0.05) is 45.0 Å². The molecule has 0 saturated carbocycles. The Morgan fingerprint density at radius 2 is 1.83 bits per heavy atom. The third-order valence-electron chi connectivity index (χ3n) is 4.34. The lowest BCUT2D eigenvalue weighted by Gasteiger charge is -2.18. The molecule has 0 aliphatic heterocycles. The first-order chi connectivity index (χ1) is 13.7. The van der Waals surface area contributed by atoms with Crippen LogP contribution in [-0.4, -0.2) is 17.0 Å². The fraction of sp³-hybridized carbons (Fsp3) is 0.182. The number of hydrogen-bond donors (Lipinski definition) is 1. The molecule has 0 aliphatic rings. The third-order valence-corrected chi connectivity index (χ3v) is 4.34. The zero-order valence-corrected chi connectivity index (χ0v) is 16.4. The quantitative estimate of drug-likeness (QED) is 0.379. The molecule has 0 aliphatic carbocycles. The van der Waals surface area contributed by atoms with Gasteiger partial charge in [-0.05, 0) is 35.2 Å². The zero-order valence-electron chi connectivity index (χ0n) is 16.4. The number of rotatable bonds is 5. The summed E-state index contributed by atoms with van der Waals surface area (Å²) in [5.41, 5.74) is 4.69. The Labute approximate surface area is 168 Å². The van der Waals surface area contributed by atoms with Crippen LogP contribution in [0.4, 0.5) is 5.69 Å². The lowest BCUT2D eigenvalue weighted by molar-refractivity contribution is -0.384. The fourth-order valence-electron chi connectivity index (χ4n) is 2.69. The predicted molar refractivity (Wildman–Crippen MR) is 111 cm³/mol. The van der Waals surface area contributed by atoms with Gasteiger partial charge < -0.3 is 4.42 Å². The van der Waals surface area contributed by atoms with Gasteiger partial charge in [-0.25, -0.2) is 5.43 Å². The number of amides is 1. The topological polar surface area (TPSA) is 97.7 Å². The van der Waals surface area contributed by atoms with Crippen LogP contribution in [0.2, 0.25) is 0 Å². The Hall–Kier alpha value is -3.74. The molecule has 7 nitrogen and oxygen atoms in total. The predicted octanol–water partition coefficient (Wildman–Crippen LogP) is 4.92. The van der Waals surface area contributed by atoms with Crippen molar-refractivity contribution in [2.24, 2.45) is 5.10 Å². The third kappa shape index (κ3) is 4.95. The van der Waals surface area contributed by atoms with Crippen molar-refractivity contribution in [1.29, 1.82) is 0 Å². The minimum atomic E-state index is -0.460. The number of carbonyl (C=O) groups excluding carboxylic acids is 1. The molecule has 0 bridgehead atoms. The van der Waals surface area contributed by atoms with E-state index < -0.39 is 4.92 Å². The average Bonchev–Trinajstić information content (AvgIpc) is 3.16. The van der Waals surface area contributed by atoms with Gasteiger partial charge in [0.1, 0.15) is 11.5 Å². The lowest BCUT2D eigenvalue weighted by Crippen LogP contribution is -2.18. The molecule has 3 aromatic rings. The highest BCUT2D eigenvalue weighted by atomic mass is 16.6. The van der Waals surface area contributed by atoms with Crippen LogP contribution in [0.5, 0.6) is 0 Å². The maximum absolute atomic E-state index is 12.2. The average molecular weight is 391 g/mol. The SMILES string of the molecule is CC(C)(C)c1ccc(C(=O)NN=Cc2ccc(-c3cccc([N+](=O)[O-])c3)o2)cc1. The maximum Gasteiger partial charge on any atom is 0.271 e. The second-order valence-corrected chi connectivity index (χ2v) is 7.54. The lowest BCUT2D eigenvalue weighted by atomic mass is 9.87. The number of nitrogens with one attached hydrogen (secondary N) is 1. The van der Waals surface area contributed by atoms with Crippen LogP contribution in [-0.2, 0) is 5.41 Å². The molecule has 29 heavy (non-hydrogen) atoms. The van der Waals surface area contributed by atoms with Gasteiger partial charge >= 0.3 is 0 Å². The van der Waals surface area contributed by atoms with E-state index in [4.69, 9.17) is 4.42 Å². The summed E-state index contributed by atoms with van der Waals surface area (Å²) in [4.78, 5) is 22.6. The number of furan rings is 1. The molecule has 0 radical (unpaired) electrons. The Balaban J connectivity index is 1.65. The molecule has 1 aromatic heterocycles. The monoisotopic (exact) mass is 391 g/mol. The van der Waals surface area contributed by atoms with Gasteiger partial charge in [0, 0.05) is 23.3 Å². The second kappa shape index (κ2) is 8.10. The standard InChI is InChI=1S/C22H21N3O4/c1-22(2,3)17-9-7-15(8-10-17)21(26)24-23-14-19-11-12-20(29-19)16-5-4-6-18(13-16)25(27)28/h4-14H,1-3H3,(H,24,26). The molecular weight excluding hydrogens is 370 g/mol. The first-order valence-electron chi connectivity index (χ1n) is 9.03. The summed E-state index contributed by atoms with van der Waals surface area (Å²) in [6.07, 6.45) is 1.38. The highest BCUT2D eigenvalue weighted by Gasteiger charge is 2.14. The van der Waals surface area contributed by atoms with Gasteiger partial charge in [-0.2, -0.15) is 5.10 Å². The van der Waals surface area contributed by atoms with Crippen molar-refractivity contribution in [3.63, 3.8) is 0 Å². The number of non-ortho nitro benzene ring substituents is 1. The van der Waals surface area contributed by atoms with E-state index in [1.54, 1.807) is 36.4 Å². The normalized spacial score (nSPS) is 11.6. The molecule has 0 fully saturated rings. The summed E-state index contributed by atoms with van der Waals surface area (Å²) < 4.78 is 5.62. The van der Waals surface area contributed by atoms with Gasteiger partial charge in [0.05, 0.1) is 11.1 Å². The number of hydrazone groups is 1. The van der Waals surface area contributed by atoms with E-state index in [9.17, 15) is 14.9 Å². The molecule has 3 rings (SSSR count). The number of nitro groups is 1. The Kier molecular flexibility index (Phi) is 5.59. The van der Waals surface area contributed by atoms with E-state index in [0.29, 0.717) is 22.6 Å². The number of hydrogen-bond acceptors (Lipinski definition) is 5. The number of nitrogens with zero attached hydrogens (tertiary/aromatic N) is 2. The van der Waals surface area contributed by atoms with Gasteiger partial charge in [-0.3, -0.25) is 14.9 Å². The Morgan fingerprint density at radius 1 is 1.10 bits per heavy atom. The van der Waals surface area contributed by atoms with Crippen LogP contribution in [0.1, 0.15) is 42.5 Å². The van der Waals surface area contributed by atoms with Crippen LogP contribution in [0.3, 0.4) is 0 Å². The summed E-state index contributed by atoms with van der Waals surface area (Å²) in [7, 11) is 0. The fourth-order valence-corrected chi connectivity index (χ4v) is 2.69. The summed E-state index contributed by atoms with van der Waals surface area (Å²) in [5, 5.41) is 14.8. The molecule has 0 atom stereocenters. The van der Waals surface area contributed by atoms with E-state index in [1.807, 2.05) is 12.1 Å². The van der Waals surface area contributed by atoms with Crippen LogP contribution >= 0.6 is 0 Å². The number of carbonyl (C=O) groups is 1. The van der Waals surface area contributed by atoms with Crippen molar-refractivity contribution >= 4 is 17.8 Å². The Morgan fingerprint density at radius 3 is 2.48 bits per heavy atom. The van der Waals surface area contributed by atoms with Crippen LogP contribution in [0.15, 0.2) is 70.2 Å². The summed E-state index contributed by atoms with van der Waals surface area (Å²) in [5.74, 6) is 0.557. The molecule has 2 aromatic carbocycles. The van der Waals surface area contributed by atoms with Gasteiger partial charge in [0.2, 0.25) is 0 Å². The zero-order chi connectivity index (χ0) is 21.0. The van der Waals surface area contributed by atoms with Crippen molar-refractivity contribution in [2.75, 3.05) is 0 Å². The molecule has 7 heteroatoms. The van der Waals surface area contributed by atoms with E-state index >= 15 is 0 Å². The van der Waals surface area contributed by atoms with Crippen LogP contribution in [0.25, 0.3) is 11.3 Å². The number of benzene rings is 2. The van der Waals surface area contributed by atoms with Crippen molar-refractivity contribution in [3.8, 4) is 11.3 Å². The van der Waals surface area contributed by atoms with E-state index in [-0.39, 0.29) is 17.0 Å². The minimum absolute atomic E-state index is 0.0149. The van der Waals surface area contributed by atoms with Gasteiger partial charge in [0.25, 0.3) is 11.6 Å². The summed E-state index contributed by atoms with van der Waals surface area (Å²) >= 11 is 0. The van der Waals surface area contributed by atoms with Crippen LogP contribution < -0.4 is 5.43 Å². The molecule has 1 amide bonds. The summed E-state index contributed by atoms with van der Waals surface area (Å²) in [6, 6.07) is 16.9. The second-order valence-electron chi connectivity index (χ2n) is 7.54. The highest BCUT2D eigenvalue weighted by Crippen LogP contribution is 2.25. The molecule has 148 valence electrons. The van der Waals surface area contributed by atoms with E-state index in [1.165, 1.54) is 18.3 Å². The van der Waals surface area contributed by atoms with Crippen molar-refractivity contribution in [2.45, 2.75) is 26.2 Å². The van der Waals surface area contributed by atoms with Crippen molar-refractivity contribution < 1.29 is 14.1 Å².